The molecule has 0 aliphatic carbocycles. The Morgan fingerprint density at radius 1 is 0.968 bits per heavy atom. The van der Waals surface area contributed by atoms with Gasteiger partial charge in [-0.05, 0) is 41.3 Å². The van der Waals surface area contributed by atoms with Crippen molar-refractivity contribution in [3.8, 4) is 0 Å². The zero-order valence-corrected chi connectivity index (χ0v) is 17.8. The number of nitrogens with zero attached hydrogens (tertiary/aromatic N) is 2. The molecule has 1 N–H and O–H groups in total. The lowest BCUT2D eigenvalue weighted by Gasteiger charge is -2.26. The zero-order valence-electron chi connectivity index (χ0n) is 17.8. The molecule has 0 aromatic heterocycles. The fourth-order valence-corrected chi connectivity index (χ4v) is 3.89. The Morgan fingerprint density at radius 3 is 2.35 bits per heavy atom. The number of ether oxygens (including phenoxy) is 1. The molecule has 0 radical (unpaired) electrons. The van der Waals surface area contributed by atoms with Crippen LogP contribution in [-0.4, -0.2) is 49.6 Å². The van der Waals surface area contributed by atoms with E-state index >= 15 is 0 Å². The first kappa shape index (κ1) is 21.3. The van der Waals surface area contributed by atoms with Crippen LogP contribution in [0.4, 0.5) is 5.69 Å². The number of carbonyl (C=O) groups excluding carboxylic acids is 2. The van der Waals surface area contributed by atoms with Crippen molar-refractivity contribution in [1.82, 2.24) is 10.2 Å². The highest BCUT2D eigenvalue weighted by atomic mass is 16.5. The summed E-state index contributed by atoms with van der Waals surface area (Å²) in [6, 6.07) is 16.1. The van der Waals surface area contributed by atoms with E-state index < -0.39 is 0 Å². The van der Waals surface area contributed by atoms with Gasteiger partial charge >= 0.3 is 0 Å². The summed E-state index contributed by atoms with van der Waals surface area (Å²) in [4.78, 5) is 28.2. The largest absolute Gasteiger partial charge is 0.379 e. The molecular weight excluding hydrogens is 390 g/mol. The molecule has 2 aromatic rings. The summed E-state index contributed by atoms with van der Waals surface area (Å²) in [5, 5.41) is 2.93. The second-order valence-electron chi connectivity index (χ2n) is 8.00. The number of anilines is 1. The SMILES string of the molecule is O=C(C=Cc1ccc(N2CCCC2=O)cc1)NCc1ccc(CN2CCOCC2)cc1. The fraction of sp³-hybridized carbons (Fsp3) is 0.360. The van der Waals surface area contributed by atoms with E-state index in [0.29, 0.717) is 13.0 Å². The minimum atomic E-state index is -0.129. The molecule has 2 saturated heterocycles. The lowest BCUT2D eigenvalue weighted by Crippen LogP contribution is -2.35. The maximum Gasteiger partial charge on any atom is 0.244 e. The summed E-state index contributed by atoms with van der Waals surface area (Å²) in [5.74, 6) is 0.0491. The molecular formula is C25H29N3O3. The smallest absolute Gasteiger partial charge is 0.244 e. The lowest BCUT2D eigenvalue weighted by molar-refractivity contribution is -0.117. The van der Waals surface area contributed by atoms with Crippen LogP contribution in [-0.2, 0) is 27.4 Å². The predicted molar refractivity (Wildman–Crippen MR) is 121 cm³/mol. The molecule has 0 atom stereocenters. The molecule has 31 heavy (non-hydrogen) atoms. The predicted octanol–water partition coefficient (Wildman–Crippen LogP) is 2.98. The summed E-state index contributed by atoms with van der Waals surface area (Å²) in [5.41, 5.74) is 4.20. The van der Waals surface area contributed by atoms with Crippen molar-refractivity contribution in [2.24, 2.45) is 0 Å². The van der Waals surface area contributed by atoms with Gasteiger partial charge in [0.25, 0.3) is 0 Å². The molecule has 0 bridgehead atoms. The molecule has 2 amide bonds. The summed E-state index contributed by atoms with van der Waals surface area (Å²) < 4.78 is 5.39. The van der Waals surface area contributed by atoms with Crippen LogP contribution in [0.15, 0.2) is 54.6 Å². The van der Waals surface area contributed by atoms with Crippen molar-refractivity contribution >= 4 is 23.6 Å². The van der Waals surface area contributed by atoms with Crippen molar-refractivity contribution in [2.45, 2.75) is 25.9 Å². The first-order chi connectivity index (χ1) is 15.2. The molecule has 2 aliphatic rings. The van der Waals surface area contributed by atoms with Gasteiger partial charge in [-0.2, -0.15) is 0 Å². The van der Waals surface area contributed by atoms with Gasteiger partial charge in [0.1, 0.15) is 0 Å². The molecule has 2 heterocycles. The van der Waals surface area contributed by atoms with Crippen LogP contribution in [0.3, 0.4) is 0 Å². The highest BCUT2D eigenvalue weighted by Gasteiger charge is 2.21. The van der Waals surface area contributed by atoms with Gasteiger partial charge in [0.2, 0.25) is 11.8 Å². The van der Waals surface area contributed by atoms with Gasteiger partial charge in [0.05, 0.1) is 13.2 Å². The first-order valence-electron chi connectivity index (χ1n) is 10.9. The number of rotatable bonds is 7. The third-order valence-electron chi connectivity index (χ3n) is 5.70. The van der Waals surface area contributed by atoms with E-state index in [2.05, 4.69) is 34.5 Å². The van der Waals surface area contributed by atoms with Crippen molar-refractivity contribution in [2.75, 3.05) is 37.7 Å². The second-order valence-corrected chi connectivity index (χ2v) is 8.00. The van der Waals surface area contributed by atoms with Gasteiger partial charge in [-0.25, -0.2) is 0 Å². The summed E-state index contributed by atoms with van der Waals surface area (Å²) in [6.45, 7) is 5.78. The van der Waals surface area contributed by atoms with E-state index in [0.717, 1.165) is 62.6 Å². The number of nitrogens with one attached hydrogen (secondary N) is 1. The third-order valence-corrected chi connectivity index (χ3v) is 5.70. The molecule has 0 saturated carbocycles. The molecule has 0 spiro atoms. The lowest BCUT2D eigenvalue weighted by atomic mass is 10.1. The normalized spacial score (nSPS) is 17.4. The van der Waals surface area contributed by atoms with Crippen LogP contribution in [0.1, 0.15) is 29.5 Å². The summed E-state index contributed by atoms with van der Waals surface area (Å²) >= 11 is 0. The standard InChI is InChI=1S/C25H29N3O3/c29-24(12-9-20-7-10-23(11-8-20)28-13-1-2-25(28)30)26-18-21-3-5-22(6-4-21)19-27-14-16-31-17-15-27/h3-12H,1-2,13-19H2,(H,26,29). The number of carbonyl (C=O) groups is 2. The minimum Gasteiger partial charge on any atom is -0.379 e. The Labute approximate surface area is 183 Å². The van der Waals surface area contributed by atoms with E-state index in [1.165, 1.54) is 5.56 Å². The van der Waals surface area contributed by atoms with Gasteiger partial charge in [0.15, 0.2) is 0 Å². The van der Waals surface area contributed by atoms with Gasteiger partial charge in [0, 0.05) is 50.9 Å². The summed E-state index contributed by atoms with van der Waals surface area (Å²) in [7, 11) is 0. The molecule has 6 heteroatoms. The zero-order chi connectivity index (χ0) is 21.5. The Bertz CT molecular complexity index is 916. The van der Waals surface area contributed by atoms with Crippen molar-refractivity contribution in [1.29, 1.82) is 0 Å². The van der Waals surface area contributed by atoms with Gasteiger partial charge in [-0.3, -0.25) is 14.5 Å². The molecule has 2 aromatic carbocycles. The number of hydrogen-bond acceptors (Lipinski definition) is 4. The molecule has 4 rings (SSSR count). The van der Waals surface area contributed by atoms with E-state index in [-0.39, 0.29) is 11.8 Å². The van der Waals surface area contributed by atoms with E-state index in [1.54, 1.807) is 12.2 Å². The highest BCUT2D eigenvalue weighted by molar-refractivity contribution is 5.95. The van der Waals surface area contributed by atoms with E-state index in [4.69, 9.17) is 4.74 Å². The maximum atomic E-state index is 12.2. The molecule has 2 fully saturated rings. The third kappa shape index (κ3) is 6.03. The topological polar surface area (TPSA) is 61.9 Å². The number of benzene rings is 2. The van der Waals surface area contributed by atoms with E-state index in [9.17, 15) is 9.59 Å². The van der Waals surface area contributed by atoms with Gasteiger partial charge < -0.3 is 15.0 Å². The molecule has 162 valence electrons. The number of morpholine rings is 1. The second kappa shape index (κ2) is 10.4. The average molecular weight is 420 g/mol. The monoisotopic (exact) mass is 419 g/mol. The van der Waals surface area contributed by atoms with Crippen molar-refractivity contribution in [3.05, 3.63) is 71.3 Å². The van der Waals surface area contributed by atoms with E-state index in [1.807, 2.05) is 29.2 Å². The Morgan fingerprint density at radius 2 is 1.68 bits per heavy atom. The van der Waals surface area contributed by atoms with Crippen molar-refractivity contribution in [3.63, 3.8) is 0 Å². The van der Waals surface area contributed by atoms with Crippen molar-refractivity contribution < 1.29 is 14.3 Å². The fourth-order valence-electron chi connectivity index (χ4n) is 3.89. The Kier molecular flexibility index (Phi) is 7.12. The number of hydrogen-bond donors (Lipinski definition) is 1. The van der Waals surface area contributed by atoms with Crippen LogP contribution in [0.25, 0.3) is 6.08 Å². The van der Waals surface area contributed by atoms with Crippen LogP contribution in [0.2, 0.25) is 0 Å². The summed E-state index contributed by atoms with van der Waals surface area (Å²) in [6.07, 6.45) is 4.87. The van der Waals surface area contributed by atoms with Crippen LogP contribution < -0.4 is 10.2 Å². The first-order valence-corrected chi connectivity index (χ1v) is 10.9. The van der Waals surface area contributed by atoms with Crippen LogP contribution in [0, 0.1) is 0 Å². The Balaban J connectivity index is 1.23. The molecule has 0 unspecified atom stereocenters. The van der Waals surface area contributed by atoms with Gasteiger partial charge in [-0.15, -0.1) is 0 Å². The average Bonchev–Trinajstić information content (AvgIpc) is 3.24. The minimum absolute atomic E-state index is 0.129. The molecule has 2 aliphatic heterocycles. The quantitative estimate of drug-likeness (QED) is 0.701. The van der Waals surface area contributed by atoms with Crippen LogP contribution in [0.5, 0.6) is 0 Å². The highest BCUT2D eigenvalue weighted by Crippen LogP contribution is 2.21. The maximum absolute atomic E-state index is 12.2. The molecule has 6 nitrogen and oxygen atoms in total. The Hall–Kier alpha value is -2.96. The number of amides is 2. The van der Waals surface area contributed by atoms with Gasteiger partial charge in [-0.1, -0.05) is 36.4 Å². The van der Waals surface area contributed by atoms with Crippen LogP contribution >= 0.6 is 0 Å².